The highest BCUT2D eigenvalue weighted by atomic mass is 32.2. The van der Waals surface area contributed by atoms with E-state index in [1.165, 1.54) is 0 Å². The summed E-state index contributed by atoms with van der Waals surface area (Å²) in [7, 11) is 0. The van der Waals surface area contributed by atoms with Gasteiger partial charge in [0.1, 0.15) is 6.04 Å². The van der Waals surface area contributed by atoms with Crippen LogP contribution in [-0.4, -0.2) is 34.5 Å². The summed E-state index contributed by atoms with van der Waals surface area (Å²) in [4.78, 5) is 22.6. The van der Waals surface area contributed by atoms with Gasteiger partial charge in [-0.25, -0.2) is 4.79 Å². The van der Waals surface area contributed by atoms with Gasteiger partial charge in [-0.2, -0.15) is 11.8 Å². The van der Waals surface area contributed by atoms with Crippen LogP contribution in [0.2, 0.25) is 0 Å². The van der Waals surface area contributed by atoms with Gasteiger partial charge in [-0.05, 0) is 30.4 Å². The van der Waals surface area contributed by atoms with Crippen LogP contribution in [0.15, 0.2) is 0 Å². The van der Waals surface area contributed by atoms with Crippen LogP contribution in [-0.2, 0) is 9.59 Å². The molecule has 1 amide bonds. The Morgan fingerprint density at radius 3 is 2.22 bits per heavy atom. The maximum atomic E-state index is 11.6. The molecule has 0 aliphatic heterocycles. The minimum atomic E-state index is -0.954. The van der Waals surface area contributed by atoms with Crippen LogP contribution in [0, 0.1) is 11.8 Å². The quantitative estimate of drug-likeness (QED) is 0.634. The fourth-order valence-electron chi connectivity index (χ4n) is 1.41. The number of hydrogen-bond donors (Lipinski definition) is 2. The number of carboxylic acids is 1. The summed E-state index contributed by atoms with van der Waals surface area (Å²) in [6.07, 6.45) is 1.55. The van der Waals surface area contributed by atoms with E-state index in [1.54, 1.807) is 11.8 Å². The Balaban J connectivity index is 3.92. The Kier molecular flexibility index (Phi) is 8.89. The molecule has 0 spiro atoms. The average molecular weight is 275 g/mol. The Morgan fingerprint density at radius 1 is 1.17 bits per heavy atom. The van der Waals surface area contributed by atoms with Gasteiger partial charge in [-0.1, -0.05) is 27.7 Å². The highest BCUT2D eigenvalue weighted by Gasteiger charge is 2.20. The Hall–Kier alpha value is -0.710. The van der Waals surface area contributed by atoms with Gasteiger partial charge in [-0.15, -0.1) is 0 Å². The predicted molar refractivity (Wildman–Crippen MR) is 75.8 cm³/mol. The normalized spacial score (nSPS) is 12.8. The fourth-order valence-corrected chi connectivity index (χ4v) is 2.46. The van der Waals surface area contributed by atoms with E-state index in [9.17, 15) is 9.59 Å². The van der Waals surface area contributed by atoms with Crippen molar-refractivity contribution < 1.29 is 14.7 Å². The van der Waals surface area contributed by atoms with Crippen LogP contribution in [0.25, 0.3) is 0 Å². The first kappa shape index (κ1) is 17.3. The first-order valence-corrected chi connectivity index (χ1v) is 7.58. The second-order valence-electron chi connectivity index (χ2n) is 5.32. The smallest absolute Gasteiger partial charge is 0.326 e. The van der Waals surface area contributed by atoms with E-state index < -0.39 is 12.0 Å². The Labute approximate surface area is 114 Å². The molecule has 0 aromatic carbocycles. The van der Waals surface area contributed by atoms with E-state index in [4.69, 9.17) is 5.11 Å². The molecular formula is C13H25NO3S. The molecule has 0 aliphatic rings. The number of rotatable bonds is 9. The van der Waals surface area contributed by atoms with E-state index in [2.05, 4.69) is 19.2 Å². The van der Waals surface area contributed by atoms with Crippen molar-refractivity contribution >= 4 is 23.6 Å². The van der Waals surface area contributed by atoms with E-state index in [0.717, 1.165) is 12.2 Å². The van der Waals surface area contributed by atoms with E-state index in [1.807, 2.05) is 13.8 Å². The van der Waals surface area contributed by atoms with Crippen molar-refractivity contribution in [1.29, 1.82) is 0 Å². The van der Waals surface area contributed by atoms with Gasteiger partial charge in [-0.3, -0.25) is 4.79 Å². The van der Waals surface area contributed by atoms with E-state index in [-0.39, 0.29) is 11.8 Å². The third-order valence-electron chi connectivity index (χ3n) is 2.41. The van der Waals surface area contributed by atoms with E-state index >= 15 is 0 Å². The van der Waals surface area contributed by atoms with Gasteiger partial charge in [0.2, 0.25) is 5.91 Å². The van der Waals surface area contributed by atoms with Crippen molar-refractivity contribution in [3.8, 4) is 0 Å². The van der Waals surface area contributed by atoms with Gasteiger partial charge < -0.3 is 10.4 Å². The van der Waals surface area contributed by atoms with Crippen LogP contribution in [0.5, 0.6) is 0 Å². The topological polar surface area (TPSA) is 66.4 Å². The zero-order valence-corrected chi connectivity index (χ0v) is 12.5. The lowest BCUT2D eigenvalue weighted by Gasteiger charge is -2.16. The molecule has 18 heavy (non-hydrogen) atoms. The van der Waals surface area contributed by atoms with E-state index in [0.29, 0.717) is 18.1 Å². The molecule has 4 nitrogen and oxygen atoms in total. The first-order valence-electron chi connectivity index (χ1n) is 6.42. The minimum Gasteiger partial charge on any atom is -0.480 e. The highest BCUT2D eigenvalue weighted by Crippen LogP contribution is 2.09. The molecule has 1 atom stereocenters. The molecule has 0 rings (SSSR count). The molecule has 0 fully saturated rings. The average Bonchev–Trinajstić information content (AvgIpc) is 2.22. The van der Waals surface area contributed by atoms with Gasteiger partial charge in [0.25, 0.3) is 0 Å². The van der Waals surface area contributed by atoms with Gasteiger partial charge >= 0.3 is 5.97 Å². The van der Waals surface area contributed by atoms with Gasteiger partial charge in [0.05, 0.1) is 5.75 Å². The Morgan fingerprint density at radius 2 is 1.78 bits per heavy atom. The van der Waals surface area contributed by atoms with Gasteiger partial charge in [0, 0.05) is 0 Å². The zero-order valence-electron chi connectivity index (χ0n) is 11.7. The molecule has 0 aliphatic carbocycles. The van der Waals surface area contributed by atoms with Crippen molar-refractivity contribution in [3.05, 3.63) is 0 Å². The van der Waals surface area contributed by atoms with Crippen molar-refractivity contribution in [3.63, 3.8) is 0 Å². The molecule has 0 saturated carbocycles. The maximum Gasteiger partial charge on any atom is 0.326 e. The van der Waals surface area contributed by atoms with Crippen LogP contribution in [0.4, 0.5) is 0 Å². The third kappa shape index (κ3) is 9.33. The van der Waals surface area contributed by atoms with Crippen molar-refractivity contribution in [2.75, 3.05) is 11.5 Å². The SMILES string of the molecule is CC(C)CCSCC(=O)N[C@H](CC(C)C)C(=O)O. The number of thioether (sulfide) groups is 1. The number of aliphatic carboxylic acids is 1. The standard InChI is InChI=1S/C13H25NO3S/c1-9(2)5-6-18-8-12(15)14-11(13(16)17)7-10(3)4/h9-11H,5-8H2,1-4H3,(H,14,15)(H,16,17)/t11-/m1/s1. The van der Waals surface area contributed by atoms with Crippen molar-refractivity contribution in [2.24, 2.45) is 11.8 Å². The predicted octanol–water partition coefficient (Wildman–Crippen LogP) is 2.38. The molecule has 0 heterocycles. The maximum absolute atomic E-state index is 11.6. The number of carboxylic acid groups (broad SMARTS) is 1. The molecule has 0 saturated heterocycles. The molecule has 0 radical (unpaired) electrons. The summed E-state index contributed by atoms with van der Waals surface area (Å²) in [6.45, 7) is 8.17. The Bertz CT molecular complexity index is 267. The molecule has 0 unspecified atom stereocenters. The number of nitrogens with one attached hydrogen (secondary N) is 1. The number of hydrogen-bond acceptors (Lipinski definition) is 3. The summed E-state index contributed by atoms with van der Waals surface area (Å²) >= 11 is 1.56. The van der Waals surface area contributed by atoms with Crippen LogP contribution in [0.1, 0.15) is 40.5 Å². The molecule has 2 N–H and O–H groups in total. The fraction of sp³-hybridized carbons (Fsp3) is 0.846. The summed E-state index contributed by atoms with van der Waals surface area (Å²) in [5.41, 5.74) is 0. The molecule has 0 aromatic heterocycles. The van der Waals surface area contributed by atoms with Crippen LogP contribution < -0.4 is 5.32 Å². The lowest BCUT2D eigenvalue weighted by molar-refractivity contribution is -0.141. The van der Waals surface area contributed by atoms with Crippen LogP contribution >= 0.6 is 11.8 Å². The summed E-state index contributed by atoms with van der Waals surface area (Å²) < 4.78 is 0. The number of carbonyl (C=O) groups is 2. The molecule has 106 valence electrons. The van der Waals surface area contributed by atoms with Crippen molar-refractivity contribution in [2.45, 2.75) is 46.6 Å². The molecular weight excluding hydrogens is 250 g/mol. The monoisotopic (exact) mass is 275 g/mol. The second kappa shape index (κ2) is 9.25. The lowest BCUT2D eigenvalue weighted by Crippen LogP contribution is -2.42. The zero-order chi connectivity index (χ0) is 14.1. The number of carbonyl (C=O) groups excluding carboxylic acids is 1. The molecule has 0 aromatic rings. The molecule has 0 bridgehead atoms. The molecule has 5 heteroatoms. The number of amides is 1. The minimum absolute atomic E-state index is 0.184. The van der Waals surface area contributed by atoms with Gasteiger partial charge in [0.15, 0.2) is 0 Å². The largest absolute Gasteiger partial charge is 0.480 e. The lowest BCUT2D eigenvalue weighted by atomic mass is 10.0. The third-order valence-corrected chi connectivity index (χ3v) is 3.40. The second-order valence-corrected chi connectivity index (χ2v) is 6.43. The van der Waals surface area contributed by atoms with Crippen LogP contribution in [0.3, 0.4) is 0 Å². The summed E-state index contributed by atoms with van der Waals surface area (Å²) in [6, 6.07) is -0.761. The summed E-state index contributed by atoms with van der Waals surface area (Å²) in [5.74, 6) is 1.02. The van der Waals surface area contributed by atoms with Crippen molar-refractivity contribution in [1.82, 2.24) is 5.32 Å². The summed E-state index contributed by atoms with van der Waals surface area (Å²) in [5, 5.41) is 11.6. The highest BCUT2D eigenvalue weighted by molar-refractivity contribution is 7.99. The first-order chi connectivity index (χ1) is 8.32.